The van der Waals surface area contributed by atoms with Crippen molar-refractivity contribution in [3.8, 4) is 16.9 Å². The number of benzene rings is 4. The van der Waals surface area contributed by atoms with E-state index in [1.165, 1.54) is 27.8 Å². The fourth-order valence-corrected chi connectivity index (χ4v) is 3.96. The van der Waals surface area contributed by atoms with Gasteiger partial charge >= 0.3 is 0 Å². The van der Waals surface area contributed by atoms with E-state index in [-0.39, 0.29) is 0 Å². The molecule has 4 nitrogen and oxygen atoms in total. The molecular weight excluding hydrogens is 418 g/mol. The van der Waals surface area contributed by atoms with Gasteiger partial charge in [0, 0.05) is 13.1 Å². The molecule has 174 valence electrons. The fourth-order valence-electron chi connectivity index (χ4n) is 3.96. The summed E-state index contributed by atoms with van der Waals surface area (Å²) in [6.07, 6.45) is 1.02. The van der Waals surface area contributed by atoms with Crippen molar-refractivity contribution in [1.29, 1.82) is 0 Å². The highest BCUT2D eigenvalue weighted by Crippen LogP contribution is 2.26. The van der Waals surface area contributed by atoms with Gasteiger partial charge in [-0.05, 0) is 72.0 Å². The molecule has 0 saturated heterocycles. The van der Waals surface area contributed by atoms with Crippen LogP contribution in [0.15, 0.2) is 97.1 Å². The Hall–Kier alpha value is -3.76. The van der Waals surface area contributed by atoms with Crippen LogP contribution in [-0.2, 0) is 13.2 Å². The summed E-state index contributed by atoms with van der Waals surface area (Å²) < 4.78 is 6.09. The molecular formula is C30H33N3O. The zero-order valence-electron chi connectivity index (χ0n) is 19.8. The Morgan fingerprint density at radius 2 is 1.53 bits per heavy atom. The van der Waals surface area contributed by atoms with Crippen molar-refractivity contribution >= 4 is 11.4 Å². The van der Waals surface area contributed by atoms with E-state index in [1.54, 1.807) is 0 Å². The first-order valence-corrected chi connectivity index (χ1v) is 11.9. The van der Waals surface area contributed by atoms with Crippen molar-refractivity contribution < 1.29 is 4.74 Å². The largest absolute Gasteiger partial charge is 0.489 e. The molecule has 0 atom stereocenters. The smallest absolute Gasteiger partial charge is 0.119 e. The van der Waals surface area contributed by atoms with Crippen LogP contribution in [0.3, 0.4) is 0 Å². The van der Waals surface area contributed by atoms with Crippen LogP contribution in [0, 0.1) is 6.92 Å². The maximum absolute atomic E-state index is 6.09. The van der Waals surface area contributed by atoms with Gasteiger partial charge in [-0.3, -0.25) is 0 Å². The molecule has 0 fully saturated rings. The molecule has 4 rings (SSSR count). The molecule has 0 aliphatic carbocycles. The first-order valence-electron chi connectivity index (χ1n) is 11.9. The minimum absolute atomic E-state index is 0.559. The second kappa shape index (κ2) is 11.9. The van der Waals surface area contributed by atoms with Gasteiger partial charge in [-0.2, -0.15) is 0 Å². The van der Waals surface area contributed by atoms with E-state index < -0.39 is 0 Å². The molecule has 0 spiro atoms. The Balaban J connectivity index is 1.20. The third-order valence-corrected chi connectivity index (χ3v) is 5.98. The normalized spacial score (nSPS) is 10.7. The molecule has 0 bridgehead atoms. The minimum atomic E-state index is 0.559. The number of ether oxygens (including phenoxy) is 1. The van der Waals surface area contributed by atoms with Crippen molar-refractivity contribution in [1.82, 2.24) is 5.32 Å². The maximum atomic E-state index is 6.09. The quantitative estimate of drug-likeness (QED) is 0.182. The molecule has 0 unspecified atom stereocenters. The number of nitrogen functional groups attached to an aromatic ring is 1. The molecule has 0 radical (unpaired) electrons. The number of para-hydroxylation sites is 2. The molecule has 0 aromatic heterocycles. The second-order valence-corrected chi connectivity index (χ2v) is 8.43. The van der Waals surface area contributed by atoms with Gasteiger partial charge in [0.1, 0.15) is 12.4 Å². The highest BCUT2D eigenvalue weighted by Gasteiger charge is 2.07. The lowest BCUT2D eigenvalue weighted by Crippen LogP contribution is -2.17. The summed E-state index contributed by atoms with van der Waals surface area (Å²) in [6, 6.07) is 33.1. The standard InChI is InChI=1S/C30H33N3O/c1-23-26(11-7-12-28(23)25-9-3-2-4-10-25)22-34-27-17-15-24(16-18-27)21-32-19-8-20-33-30-14-6-5-13-29(30)31/h2-7,9-18,32-33H,8,19-22,31H2,1H3. The Bertz CT molecular complexity index is 1170. The Morgan fingerprint density at radius 3 is 2.32 bits per heavy atom. The van der Waals surface area contributed by atoms with Crippen LogP contribution in [-0.4, -0.2) is 13.1 Å². The molecule has 0 heterocycles. The lowest BCUT2D eigenvalue weighted by atomic mass is 9.97. The van der Waals surface area contributed by atoms with Crippen LogP contribution in [0.1, 0.15) is 23.1 Å². The second-order valence-electron chi connectivity index (χ2n) is 8.43. The summed E-state index contributed by atoms with van der Waals surface area (Å²) in [7, 11) is 0. The predicted molar refractivity (Wildman–Crippen MR) is 143 cm³/mol. The number of nitrogens with one attached hydrogen (secondary N) is 2. The molecule has 4 aromatic carbocycles. The molecule has 0 saturated carbocycles. The van der Waals surface area contributed by atoms with E-state index in [1.807, 2.05) is 42.5 Å². The van der Waals surface area contributed by atoms with Crippen molar-refractivity contribution in [3.63, 3.8) is 0 Å². The first kappa shape index (κ1) is 23.4. The molecule has 34 heavy (non-hydrogen) atoms. The monoisotopic (exact) mass is 451 g/mol. The van der Waals surface area contributed by atoms with Crippen LogP contribution < -0.4 is 21.1 Å². The number of hydrogen-bond acceptors (Lipinski definition) is 4. The van der Waals surface area contributed by atoms with Gasteiger partial charge in [-0.1, -0.05) is 72.8 Å². The van der Waals surface area contributed by atoms with E-state index in [2.05, 4.69) is 72.2 Å². The van der Waals surface area contributed by atoms with Crippen molar-refractivity contribution in [2.24, 2.45) is 0 Å². The van der Waals surface area contributed by atoms with Crippen molar-refractivity contribution in [3.05, 3.63) is 114 Å². The Morgan fingerprint density at radius 1 is 0.765 bits per heavy atom. The van der Waals surface area contributed by atoms with E-state index in [0.717, 1.165) is 43.2 Å². The molecule has 4 N–H and O–H groups in total. The van der Waals surface area contributed by atoms with Gasteiger partial charge in [0.2, 0.25) is 0 Å². The van der Waals surface area contributed by atoms with Gasteiger partial charge in [-0.15, -0.1) is 0 Å². The first-order chi connectivity index (χ1) is 16.7. The molecule has 0 amide bonds. The SMILES string of the molecule is Cc1c(COc2ccc(CNCCCNc3ccccc3N)cc2)cccc1-c1ccccc1. The highest BCUT2D eigenvalue weighted by molar-refractivity contribution is 5.68. The van der Waals surface area contributed by atoms with Gasteiger partial charge in [0.25, 0.3) is 0 Å². The average molecular weight is 452 g/mol. The highest BCUT2D eigenvalue weighted by atomic mass is 16.5. The molecule has 0 aliphatic rings. The zero-order chi connectivity index (χ0) is 23.6. The lowest BCUT2D eigenvalue weighted by Gasteiger charge is -2.13. The summed E-state index contributed by atoms with van der Waals surface area (Å²) in [5.74, 6) is 0.887. The van der Waals surface area contributed by atoms with Crippen molar-refractivity contribution in [2.75, 3.05) is 24.1 Å². The maximum Gasteiger partial charge on any atom is 0.119 e. The molecule has 4 aromatic rings. The summed E-state index contributed by atoms with van der Waals surface area (Å²) in [4.78, 5) is 0. The topological polar surface area (TPSA) is 59.3 Å². The number of anilines is 2. The molecule has 0 aliphatic heterocycles. The summed E-state index contributed by atoms with van der Waals surface area (Å²) in [6.45, 7) is 5.39. The van der Waals surface area contributed by atoms with Crippen LogP contribution >= 0.6 is 0 Å². The number of nitrogens with two attached hydrogens (primary N) is 1. The van der Waals surface area contributed by atoms with Crippen LogP contribution in [0.2, 0.25) is 0 Å². The third kappa shape index (κ3) is 6.40. The predicted octanol–water partition coefficient (Wildman–Crippen LogP) is 6.42. The minimum Gasteiger partial charge on any atom is -0.489 e. The summed E-state index contributed by atoms with van der Waals surface area (Å²) in [5, 5.41) is 6.88. The van der Waals surface area contributed by atoms with Gasteiger partial charge in [0.15, 0.2) is 0 Å². The lowest BCUT2D eigenvalue weighted by molar-refractivity contribution is 0.305. The zero-order valence-corrected chi connectivity index (χ0v) is 19.8. The van der Waals surface area contributed by atoms with Crippen LogP contribution in [0.5, 0.6) is 5.75 Å². The Labute approximate surface area is 202 Å². The van der Waals surface area contributed by atoms with E-state index >= 15 is 0 Å². The fraction of sp³-hybridized carbons (Fsp3) is 0.200. The van der Waals surface area contributed by atoms with Gasteiger partial charge in [0.05, 0.1) is 11.4 Å². The van der Waals surface area contributed by atoms with E-state index in [9.17, 15) is 0 Å². The van der Waals surface area contributed by atoms with Crippen molar-refractivity contribution in [2.45, 2.75) is 26.5 Å². The van der Waals surface area contributed by atoms with E-state index in [4.69, 9.17) is 10.5 Å². The Kier molecular flexibility index (Phi) is 8.20. The van der Waals surface area contributed by atoms with Gasteiger partial charge in [-0.25, -0.2) is 0 Å². The number of hydrogen-bond donors (Lipinski definition) is 3. The average Bonchev–Trinajstić information content (AvgIpc) is 2.88. The van der Waals surface area contributed by atoms with Crippen LogP contribution in [0.4, 0.5) is 11.4 Å². The third-order valence-electron chi connectivity index (χ3n) is 5.98. The van der Waals surface area contributed by atoms with Crippen LogP contribution in [0.25, 0.3) is 11.1 Å². The summed E-state index contributed by atoms with van der Waals surface area (Å²) >= 11 is 0. The number of rotatable bonds is 11. The summed E-state index contributed by atoms with van der Waals surface area (Å²) in [5.41, 5.74) is 13.9. The molecule has 4 heteroatoms. The van der Waals surface area contributed by atoms with E-state index in [0.29, 0.717) is 6.61 Å². The van der Waals surface area contributed by atoms with Gasteiger partial charge < -0.3 is 21.1 Å².